The zero-order chi connectivity index (χ0) is 24.7. The van der Waals surface area contributed by atoms with Crippen LogP contribution in [0.1, 0.15) is 43.7 Å². The van der Waals surface area contributed by atoms with Crippen LogP contribution in [-0.4, -0.2) is 53.8 Å². The number of carboxylic acids is 1. The molecule has 34 heavy (non-hydrogen) atoms. The Hall–Kier alpha value is -3.00. The Morgan fingerprint density at radius 2 is 1.62 bits per heavy atom. The average Bonchev–Trinajstić information content (AvgIpc) is 3.16. The fraction of sp³-hybridized carbons (Fsp3) is 0.423. The monoisotopic (exact) mass is 484 g/mol. The molecule has 0 aliphatic heterocycles. The summed E-state index contributed by atoms with van der Waals surface area (Å²) in [6.07, 6.45) is 2.18. The standard InChI is InChI=1S/C26H32N2O5S/c1-4-16(2)23(25(30)31)28-24(29)22(13-14-34-3)27-26(32)33-15-21-19-11-7-5-9-17(19)18-10-6-8-12-20(18)21/h5-12,16,21-23H,4,13-15H2,1-3H3,(H,27,32)(H,28,29)(H,30,31)/t16?,22?,23-/m0/s1. The van der Waals surface area contributed by atoms with E-state index in [1.165, 1.54) is 0 Å². The van der Waals surface area contributed by atoms with Crippen molar-refractivity contribution < 1.29 is 24.2 Å². The maximum absolute atomic E-state index is 12.9. The lowest BCUT2D eigenvalue weighted by atomic mass is 9.98. The van der Waals surface area contributed by atoms with Crippen LogP contribution >= 0.6 is 11.8 Å². The zero-order valence-electron chi connectivity index (χ0n) is 19.7. The number of ether oxygens (including phenoxy) is 1. The Bertz CT molecular complexity index is 982. The molecule has 3 atom stereocenters. The summed E-state index contributed by atoms with van der Waals surface area (Å²) in [6.45, 7) is 3.78. The summed E-state index contributed by atoms with van der Waals surface area (Å²) in [6, 6.07) is 14.2. The summed E-state index contributed by atoms with van der Waals surface area (Å²) < 4.78 is 5.57. The molecule has 2 amide bonds. The van der Waals surface area contributed by atoms with Gasteiger partial charge < -0.3 is 20.5 Å². The van der Waals surface area contributed by atoms with Gasteiger partial charge in [0.25, 0.3) is 0 Å². The van der Waals surface area contributed by atoms with Crippen LogP contribution in [0.5, 0.6) is 0 Å². The maximum atomic E-state index is 12.9. The van der Waals surface area contributed by atoms with E-state index in [1.807, 2.05) is 49.6 Å². The minimum atomic E-state index is -1.09. The molecule has 0 bridgehead atoms. The number of aliphatic carboxylic acids is 1. The molecule has 0 radical (unpaired) electrons. The number of alkyl carbamates (subject to hydrolysis) is 1. The maximum Gasteiger partial charge on any atom is 0.407 e. The molecule has 0 saturated heterocycles. The second kappa shape index (κ2) is 11.9. The summed E-state index contributed by atoms with van der Waals surface area (Å²) >= 11 is 1.54. The summed E-state index contributed by atoms with van der Waals surface area (Å²) in [7, 11) is 0. The highest BCUT2D eigenvalue weighted by molar-refractivity contribution is 7.98. The van der Waals surface area contributed by atoms with Crippen molar-refractivity contribution in [2.24, 2.45) is 5.92 Å². The number of rotatable bonds is 11. The van der Waals surface area contributed by atoms with Crippen LogP contribution in [0.4, 0.5) is 4.79 Å². The molecule has 1 aliphatic rings. The van der Waals surface area contributed by atoms with Crippen molar-refractivity contribution in [1.82, 2.24) is 10.6 Å². The molecule has 8 heteroatoms. The van der Waals surface area contributed by atoms with Crippen molar-refractivity contribution >= 4 is 29.7 Å². The van der Waals surface area contributed by atoms with Gasteiger partial charge in [-0.15, -0.1) is 0 Å². The van der Waals surface area contributed by atoms with E-state index in [0.717, 1.165) is 22.3 Å². The van der Waals surface area contributed by atoms with Crippen LogP contribution in [0, 0.1) is 5.92 Å². The Morgan fingerprint density at radius 3 is 2.15 bits per heavy atom. The van der Waals surface area contributed by atoms with Gasteiger partial charge in [0.1, 0.15) is 18.7 Å². The molecule has 3 N–H and O–H groups in total. The number of fused-ring (bicyclic) bond motifs is 3. The van der Waals surface area contributed by atoms with Crippen molar-refractivity contribution in [1.29, 1.82) is 0 Å². The smallest absolute Gasteiger partial charge is 0.407 e. The van der Waals surface area contributed by atoms with Crippen molar-refractivity contribution in [2.45, 2.75) is 44.7 Å². The van der Waals surface area contributed by atoms with Crippen LogP contribution in [-0.2, 0) is 14.3 Å². The Morgan fingerprint density at radius 1 is 1.03 bits per heavy atom. The van der Waals surface area contributed by atoms with Gasteiger partial charge in [0.2, 0.25) is 5.91 Å². The molecule has 2 aromatic carbocycles. The van der Waals surface area contributed by atoms with Crippen LogP contribution < -0.4 is 10.6 Å². The van der Waals surface area contributed by atoms with E-state index in [1.54, 1.807) is 18.7 Å². The zero-order valence-corrected chi connectivity index (χ0v) is 20.6. The molecule has 0 spiro atoms. The second-order valence-electron chi connectivity index (χ2n) is 8.51. The third-order valence-electron chi connectivity index (χ3n) is 6.34. The summed E-state index contributed by atoms with van der Waals surface area (Å²) in [5.41, 5.74) is 4.47. The molecule has 3 rings (SSSR count). The van der Waals surface area contributed by atoms with Gasteiger partial charge in [-0.2, -0.15) is 11.8 Å². The minimum absolute atomic E-state index is 0.0848. The number of benzene rings is 2. The number of hydrogen-bond acceptors (Lipinski definition) is 5. The lowest BCUT2D eigenvalue weighted by molar-refractivity contribution is -0.143. The summed E-state index contributed by atoms with van der Waals surface area (Å²) in [5.74, 6) is -1.30. The average molecular weight is 485 g/mol. The van der Waals surface area contributed by atoms with E-state index < -0.39 is 30.1 Å². The van der Waals surface area contributed by atoms with E-state index in [2.05, 4.69) is 22.8 Å². The number of carboxylic acid groups (broad SMARTS) is 1. The number of hydrogen-bond donors (Lipinski definition) is 3. The van der Waals surface area contributed by atoms with Gasteiger partial charge in [-0.05, 0) is 46.6 Å². The normalized spacial score (nSPS) is 14.9. The van der Waals surface area contributed by atoms with E-state index >= 15 is 0 Å². The minimum Gasteiger partial charge on any atom is -0.480 e. The predicted octanol–water partition coefficient (Wildman–Crippen LogP) is 4.26. The molecule has 0 aromatic heterocycles. The third-order valence-corrected chi connectivity index (χ3v) is 6.98. The van der Waals surface area contributed by atoms with Crippen LogP contribution in [0.25, 0.3) is 11.1 Å². The van der Waals surface area contributed by atoms with E-state index in [9.17, 15) is 19.5 Å². The van der Waals surface area contributed by atoms with Gasteiger partial charge in [-0.3, -0.25) is 4.79 Å². The Kier molecular flexibility index (Phi) is 8.98. The van der Waals surface area contributed by atoms with Gasteiger partial charge in [-0.1, -0.05) is 68.8 Å². The topological polar surface area (TPSA) is 105 Å². The lowest BCUT2D eigenvalue weighted by Crippen LogP contribution is -2.53. The van der Waals surface area contributed by atoms with E-state index in [4.69, 9.17) is 4.74 Å². The number of carbonyl (C=O) groups is 3. The highest BCUT2D eigenvalue weighted by Crippen LogP contribution is 2.44. The summed E-state index contributed by atoms with van der Waals surface area (Å²) in [4.78, 5) is 37.1. The molecule has 7 nitrogen and oxygen atoms in total. The van der Waals surface area contributed by atoms with Crippen LogP contribution in [0.3, 0.4) is 0 Å². The van der Waals surface area contributed by atoms with Crippen molar-refractivity contribution in [3.8, 4) is 11.1 Å². The molecule has 0 fully saturated rings. The van der Waals surface area contributed by atoms with Crippen molar-refractivity contribution in [2.75, 3.05) is 18.6 Å². The fourth-order valence-corrected chi connectivity index (χ4v) is 4.70. The van der Waals surface area contributed by atoms with Crippen molar-refractivity contribution in [3.63, 3.8) is 0 Å². The molecule has 182 valence electrons. The van der Waals surface area contributed by atoms with E-state index in [0.29, 0.717) is 18.6 Å². The largest absolute Gasteiger partial charge is 0.480 e. The first-order chi connectivity index (χ1) is 16.4. The van der Waals surface area contributed by atoms with Gasteiger partial charge in [-0.25, -0.2) is 9.59 Å². The van der Waals surface area contributed by atoms with Gasteiger partial charge in [0.05, 0.1) is 0 Å². The molecule has 0 heterocycles. The van der Waals surface area contributed by atoms with Crippen LogP contribution in [0.15, 0.2) is 48.5 Å². The van der Waals surface area contributed by atoms with E-state index in [-0.39, 0.29) is 18.4 Å². The van der Waals surface area contributed by atoms with Gasteiger partial charge in [0.15, 0.2) is 0 Å². The first-order valence-corrected chi connectivity index (χ1v) is 12.9. The molecule has 2 unspecified atom stereocenters. The highest BCUT2D eigenvalue weighted by Gasteiger charge is 2.31. The first kappa shape index (κ1) is 25.6. The van der Waals surface area contributed by atoms with Gasteiger partial charge >= 0.3 is 12.1 Å². The molecule has 1 aliphatic carbocycles. The third kappa shape index (κ3) is 5.91. The molecular formula is C26H32N2O5S. The second-order valence-corrected chi connectivity index (χ2v) is 9.50. The SMILES string of the molecule is CCC(C)[C@H](NC(=O)C(CCSC)NC(=O)OCC1c2ccccc2-c2ccccc21)C(=O)O. The van der Waals surface area contributed by atoms with Crippen molar-refractivity contribution in [3.05, 3.63) is 59.7 Å². The number of thioether (sulfide) groups is 1. The van der Waals surface area contributed by atoms with Gasteiger partial charge in [0, 0.05) is 5.92 Å². The first-order valence-electron chi connectivity index (χ1n) is 11.5. The number of nitrogens with one attached hydrogen (secondary N) is 2. The molecule has 2 aromatic rings. The Labute approximate surface area is 204 Å². The molecular weight excluding hydrogens is 452 g/mol. The predicted molar refractivity (Wildman–Crippen MR) is 134 cm³/mol. The summed E-state index contributed by atoms with van der Waals surface area (Å²) in [5, 5.41) is 14.7. The quantitative estimate of drug-likeness (QED) is 0.440. The van der Waals surface area contributed by atoms with Crippen LogP contribution in [0.2, 0.25) is 0 Å². The number of amides is 2. The number of carbonyl (C=O) groups excluding carboxylic acids is 2. The fourth-order valence-electron chi connectivity index (χ4n) is 4.22. The lowest BCUT2D eigenvalue weighted by Gasteiger charge is -2.24. The molecule has 0 saturated carbocycles. The Balaban J connectivity index is 1.66. The highest BCUT2D eigenvalue weighted by atomic mass is 32.2.